The van der Waals surface area contributed by atoms with Gasteiger partial charge in [0.2, 0.25) is 0 Å². The first-order chi connectivity index (χ1) is 8.58. The molecule has 1 aliphatic carbocycles. The third-order valence-corrected chi connectivity index (χ3v) is 5.02. The van der Waals surface area contributed by atoms with E-state index < -0.39 is 10.8 Å². The summed E-state index contributed by atoms with van der Waals surface area (Å²) in [6, 6.07) is 9.23. The zero-order chi connectivity index (χ0) is 13.1. The van der Waals surface area contributed by atoms with Crippen LogP contribution in [0, 0.1) is 12.8 Å². The molecule has 3 heteroatoms. The van der Waals surface area contributed by atoms with Crippen LogP contribution in [0.3, 0.4) is 0 Å². The Morgan fingerprint density at radius 1 is 1.33 bits per heavy atom. The third kappa shape index (κ3) is 3.66. The summed E-state index contributed by atoms with van der Waals surface area (Å²) in [6.45, 7) is 4.99. The van der Waals surface area contributed by atoms with E-state index in [2.05, 4.69) is 36.5 Å². The molecule has 1 aromatic carbocycles. The van der Waals surface area contributed by atoms with Crippen molar-refractivity contribution < 1.29 is 4.21 Å². The van der Waals surface area contributed by atoms with Crippen LogP contribution in [0.2, 0.25) is 0 Å². The second kappa shape index (κ2) is 5.98. The summed E-state index contributed by atoms with van der Waals surface area (Å²) >= 11 is 0. The molecule has 3 unspecified atom stereocenters. The van der Waals surface area contributed by atoms with Crippen molar-refractivity contribution >= 4 is 10.8 Å². The van der Waals surface area contributed by atoms with Crippen molar-refractivity contribution in [2.45, 2.75) is 38.0 Å². The van der Waals surface area contributed by atoms with Crippen molar-refractivity contribution in [3.05, 3.63) is 35.4 Å². The topological polar surface area (TPSA) is 29.1 Å². The van der Waals surface area contributed by atoms with E-state index in [4.69, 9.17) is 0 Å². The van der Waals surface area contributed by atoms with E-state index in [1.165, 1.54) is 24.0 Å². The lowest BCUT2D eigenvalue weighted by Crippen LogP contribution is -2.32. The van der Waals surface area contributed by atoms with E-state index >= 15 is 0 Å². The molecule has 100 valence electrons. The van der Waals surface area contributed by atoms with Crippen molar-refractivity contribution in [1.29, 1.82) is 0 Å². The molecule has 0 bridgehead atoms. The van der Waals surface area contributed by atoms with Crippen molar-refractivity contribution in [2.24, 2.45) is 5.92 Å². The summed E-state index contributed by atoms with van der Waals surface area (Å²) < 4.78 is 11.4. The average Bonchev–Trinajstić information content (AvgIpc) is 3.15. The van der Waals surface area contributed by atoms with Crippen molar-refractivity contribution in [2.75, 3.05) is 12.8 Å². The zero-order valence-corrected chi connectivity index (χ0v) is 12.3. The Morgan fingerprint density at radius 2 is 1.94 bits per heavy atom. The summed E-state index contributed by atoms with van der Waals surface area (Å²) in [5.41, 5.74) is 2.67. The quantitative estimate of drug-likeness (QED) is 0.857. The van der Waals surface area contributed by atoms with E-state index in [-0.39, 0.29) is 5.25 Å². The van der Waals surface area contributed by atoms with Crippen molar-refractivity contribution in [3.63, 3.8) is 0 Å². The second-order valence-corrected chi connectivity index (χ2v) is 7.25. The molecule has 3 atom stereocenters. The van der Waals surface area contributed by atoms with Gasteiger partial charge in [0.15, 0.2) is 0 Å². The zero-order valence-electron chi connectivity index (χ0n) is 11.5. The van der Waals surface area contributed by atoms with E-state index in [0.29, 0.717) is 6.04 Å². The van der Waals surface area contributed by atoms with E-state index in [0.717, 1.165) is 12.5 Å². The number of hydrogen-bond acceptors (Lipinski definition) is 2. The first kappa shape index (κ1) is 13.8. The Hall–Kier alpha value is -0.670. The molecular weight excluding hydrogens is 242 g/mol. The van der Waals surface area contributed by atoms with E-state index in [1.54, 1.807) is 6.26 Å². The van der Waals surface area contributed by atoms with Gasteiger partial charge in [0.1, 0.15) is 0 Å². The molecule has 0 saturated heterocycles. The molecule has 0 spiro atoms. The van der Waals surface area contributed by atoms with Crippen LogP contribution in [-0.4, -0.2) is 22.3 Å². The minimum atomic E-state index is -0.742. The molecule has 1 N–H and O–H groups in total. The SMILES string of the molecule is Cc1ccc(C(NCC(C)S(C)=O)C2CC2)cc1. The van der Waals surface area contributed by atoms with Gasteiger partial charge in [0.25, 0.3) is 0 Å². The minimum absolute atomic E-state index is 0.219. The molecule has 1 fully saturated rings. The lowest BCUT2D eigenvalue weighted by atomic mass is 10.0. The average molecular weight is 265 g/mol. The van der Waals surface area contributed by atoms with E-state index in [9.17, 15) is 4.21 Å². The molecule has 0 radical (unpaired) electrons. The van der Waals surface area contributed by atoms with Crippen LogP contribution >= 0.6 is 0 Å². The summed E-state index contributed by atoms with van der Waals surface area (Å²) in [7, 11) is -0.742. The van der Waals surface area contributed by atoms with Gasteiger partial charge in [-0.2, -0.15) is 0 Å². The van der Waals surface area contributed by atoms with Gasteiger partial charge in [-0.25, -0.2) is 0 Å². The molecule has 2 nitrogen and oxygen atoms in total. The largest absolute Gasteiger partial charge is 0.309 e. The molecule has 0 heterocycles. The maximum atomic E-state index is 11.4. The standard InChI is InChI=1S/C15H23NOS/c1-11-4-6-13(7-5-11)15(14-8-9-14)16-10-12(2)18(3)17/h4-7,12,14-16H,8-10H2,1-3H3. The predicted molar refractivity (Wildman–Crippen MR) is 78.2 cm³/mol. The van der Waals surface area contributed by atoms with Gasteiger partial charge >= 0.3 is 0 Å². The van der Waals surface area contributed by atoms with Gasteiger partial charge in [0, 0.05) is 34.9 Å². The minimum Gasteiger partial charge on any atom is -0.309 e. The molecule has 0 aromatic heterocycles. The first-order valence-electron chi connectivity index (χ1n) is 6.70. The van der Waals surface area contributed by atoms with Gasteiger partial charge in [0.05, 0.1) is 0 Å². The van der Waals surface area contributed by atoms with Gasteiger partial charge in [-0.3, -0.25) is 4.21 Å². The highest BCUT2D eigenvalue weighted by Gasteiger charge is 2.32. The number of benzene rings is 1. The molecule has 0 aliphatic heterocycles. The molecule has 1 aliphatic rings. The molecule has 1 aromatic rings. The third-order valence-electron chi connectivity index (χ3n) is 3.72. The maximum Gasteiger partial charge on any atom is 0.0441 e. The second-order valence-electron chi connectivity index (χ2n) is 5.44. The predicted octanol–water partition coefficient (Wildman–Crippen LogP) is 2.80. The van der Waals surface area contributed by atoms with Crippen LogP contribution in [0.15, 0.2) is 24.3 Å². The highest BCUT2D eigenvalue weighted by Crippen LogP contribution is 2.41. The number of rotatable bonds is 6. The maximum absolute atomic E-state index is 11.4. The van der Waals surface area contributed by atoms with Crippen LogP contribution in [0.25, 0.3) is 0 Å². The first-order valence-corrected chi connectivity index (χ1v) is 8.32. The normalized spacial score (nSPS) is 20.4. The summed E-state index contributed by atoms with van der Waals surface area (Å²) in [5, 5.41) is 3.82. The van der Waals surface area contributed by atoms with Crippen LogP contribution in [0.4, 0.5) is 0 Å². The lowest BCUT2D eigenvalue weighted by Gasteiger charge is -2.21. The Morgan fingerprint density at radius 3 is 2.44 bits per heavy atom. The van der Waals surface area contributed by atoms with Crippen LogP contribution in [-0.2, 0) is 10.8 Å². The molecule has 18 heavy (non-hydrogen) atoms. The van der Waals surface area contributed by atoms with Gasteiger partial charge in [-0.1, -0.05) is 29.8 Å². The molecule has 1 saturated carbocycles. The summed E-state index contributed by atoms with van der Waals surface area (Å²) in [5.74, 6) is 0.769. The number of hydrogen-bond donors (Lipinski definition) is 1. The summed E-state index contributed by atoms with van der Waals surface area (Å²) in [6.07, 6.45) is 4.41. The number of nitrogens with one attached hydrogen (secondary N) is 1. The fraction of sp³-hybridized carbons (Fsp3) is 0.600. The Bertz CT molecular complexity index is 411. The van der Waals surface area contributed by atoms with Crippen LogP contribution < -0.4 is 5.32 Å². The highest BCUT2D eigenvalue weighted by molar-refractivity contribution is 7.84. The van der Waals surface area contributed by atoms with Crippen molar-refractivity contribution in [1.82, 2.24) is 5.32 Å². The summed E-state index contributed by atoms with van der Waals surface area (Å²) in [4.78, 5) is 0. The van der Waals surface area contributed by atoms with Crippen LogP contribution in [0.5, 0.6) is 0 Å². The Balaban J connectivity index is 2.00. The molecular formula is C15H23NOS. The van der Waals surface area contributed by atoms with Crippen molar-refractivity contribution in [3.8, 4) is 0 Å². The lowest BCUT2D eigenvalue weighted by molar-refractivity contribution is 0.482. The molecule has 0 amide bonds. The fourth-order valence-electron chi connectivity index (χ4n) is 2.17. The smallest absolute Gasteiger partial charge is 0.0441 e. The molecule has 2 rings (SSSR count). The van der Waals surface area contributed by atoms with E-state index in [1.807, 2.05) is 6.92 Å². The Labute approximate surface area is 113 Å². The highest BCUT2D eigenvalue weighted by atomic mass is 32.2. The van der Waals surface area contributed by atoms with Gasteiger partial charge in [-0.05, 0) is 38.2 Å². The monoisotopic (exact) mass is 265 g/mol. The van der Waals surface area contributed by atoms with Crippen LogP contribution in [0.1, 0.15) is 36.9 Å². The van der Waals surface area contributed by atoms with Gasteiger partial charge in [-0.15, -0.1) is 0 Å². The fourth-order valence-corrected chi connectivity index (χ4v) is 2.50. The van der Waals surface area contributed by atoms with Gasteiger partial charge < -0.3 is 5.32 Å². The number of aryl methyl sites for hydroxylation is 1. The Kier molecular flexibility index (Phi) is 4.57.